The van der Waals surface area contributed by atoms with Gasteiger partial charge >= 0.3 is 17.9 Å². The molecule has 12 N–H and O–H groups in total. The van der Waals surface area contributed by atoms with Crippen LogP contribution < -0.4 is 0 Å². The molecule has 34 atom stereocenters. The summed E-state index contributed by atoms with van der Waals surface area (Å²) in [6, 6.07) is 0. The highest BCUT2D eigenvalue weighted by Crippen LogP contribution is 2.39. The lowest BCUT2D eigenvalue weighted by Crippen LogP contribution is -2.57. The van der Waals surface area contributed by atoms with Gasteiger partial charge in [0.05, 0.1) is 95.6 Å². The van der Waals surface area contributed by atoms with Crippen molar-refractivity contribution in [3.05, 3.63) is 0 Å². The van der Waals surface area contributed by atoms with Crippen molar-refractivity contribution in [3.8, 4) is 0 Å². The fraction of sp³-hybridized carbons (Fsp3) is 0.914. The fourth-order valence-electron chi connectivity index (χ4n) is 14.7. The minimum absolute atomic E-state index is 0.0223. The summed E-state index contributed by atoms with van der Waals surface area (Å²) in [5, 5.41) is 129. The first-order valence-corrected chi connectivity index (χ1v) is 34.4. The van der Waals surface area contributed by atoms with Gasteiger partial charge < -0.3 is 85.0 Å². The van der Waals surface area contributed by atoms with Crippen molar-refractivity contribution in [3.63, 3.8) is 0 Å². The largest absolute Gasteiger partial charge is 0.462 e. The minimum Gasteiger partial charge on any atom is -0.462 e. The highest BCUT2D eigenvalue weighted by Gasteiger charge is 2.51. The first-order chi connectivity index (χ1) is 42.5. The quantitative estimate of drug-likeness (QED) is 0.127. The number of rotatable bonds is 5. The normalized spacial score (nSPS) is 48.1. The smallest absolute Gasteiger partial charge is 0.311 e. The number of aliphatic hydroxyl groups excluding tert-OH is 9. The van der Waals surface area contributed by atoms with Gasteiger partial charge in [0.1, 0.15) is 41.8 Å². The average molecular weight is 1340 g/mol. The van der Waals surface area contributed by atoms with Gasteiger partial charge in [-0.25, -0.2) is 0 Å². The second-order valence-corrected chi connectivity index (χ2v) is 30.0. The second-order valence-electron chi connectivity index (χ2n) is 30.0. The summed E-state index contributed by atoms with van der Waals surface area (Å²) in [5.41, 5.74) is -4.88. The third kappa shape index (κ3) is 21.7. The van der Waals surface area contributed by atoms with E-state index >= 15 is 0 Å². The zero-order valence-electron chi connectivity index (χ0n) is 60.2. The average Bonchev–Trinajstić information content (AvgIpc) is 0.828. The monoisotopic (exact) mass is 1330 g/mol. The summed E-state index contributed by atoms with van der Waals surface area (Å²) >= 11 is 0. The molecule has 93 heavy (non-hydrogen) atoms. The molecule has 34 unspecified atom stereocenters. The SMILES string of the molecule is CCC1OC(=O)C(C)C(O)C(C)C(O)C(C)(O)CC(C)C(=O)C(C)C(O)C1C.CCC1OC(=O)C(C)C(O)C(C)C(O)C(C)CC(C)C(=O)C(C)C(O)C1C.CCC1OC(=O)C(C)C(OC2CC(C)(O)C(O)C(C)O2)C(C)C(O)C(C)(O)CC(C)C(=O)C(C)C(O)C1C. The maximum atomic E-state index is 13.4. The summed E-state index contributed by atoms with van der Waals surface area (Å²) in [5.74, 6) is -12.5. The van der Waals surface area contributed by atoms with E-state index in [2.05, 4.69) is 0 Å². The van der Waals surface area contributed by atoms with Crippen LogP contribution in [0.2, 0.25) is 0 Å². The molecular formula is C70H126O23. The topological polar surface area (TPSA) is 391 Å². The Bertz CT molecular complexity index is 2360. The summed E-state index contributed by atoms with van der Waals surface area (Å²) in [6.07, 6.45) is -13.0. The van der Waals surface area contributed by atoms with Crippen LogP contribution in [0.1, 0.15) is 204 Å². The fourth-order valence-corrected chi connectivity index (χ4v) is 14.7. The van der Waals surface area contributed by atoms with Crippen molar-refractivity contribution in [2.75, 3.05) is 0 Å². The number of esters is 3. The Labute approximate surface area is 554 Å². The number of hydrogen-bond acceptors (Lipinski definition) is 23. The molecule has 23 nitrogen and oxygen atoms in total. The van der Waals surface area contributed by atoms with Gasteiger partial charge in [-0.15, -0.1) is 0 Å². The van der Waals surface area contributed by atoms with Crippen LogP contribution in [0, 0.1) is 94.7 Å². The van der Waals surface area contributed by atoms with E-state index in [9.17, 15) is 90.0 Å². The molecule has 4 heterocycles. The van der Waals surface area contributed by atoms with Crippen LogP contribution in [0.3, 0.4) is 0 Å². The summed E-state index contributed by atoms with van der Waals surface area (Å²) in [7, 11) is 0. The number of aliphatic hydroxyl groups is 12. The zero-order chi connectivity index (χ0) is 72.3. The molecule has 0 aliphatic carbocycles. The highest BCUT2D eigenvalue weighted by atomic mass is 16.7. The molecular weight excluding hydrogens is 1210 g/mol. The number of ketones is 3. The molecule has 0 aromatic carbocycles. The van der Waals surface area contributed by atoms with E-state index < -0.39 is 209 Å². The van der Waals surface area contributed by atoms with Crippen LogP contribution >= 0.6 is 0 Å². The van der Waals surface area contributed by atoms with Crippen LogP contribution in [0.4, 0.5) is 0 Å². The van der Waals surface area contributed by atoms with E-state index in [4.69, 9.17) is 23.7 Å². The lowest BCUT2D eigenvalue weighted by atomic mass is 9.75. The van der Waals surface area contributed by atoms with Gasteiger partial charge in [-0.05, 0) is 92.9 Å². The Kier molecular flexibility index (Phi) is 33.4. The van der Waals surface area contributed by atoms with Crippen molar-refractivity contribution in [2.24, 2.45) is 94.7 Å². The summed E-state index contributed by atoms with van der Waals surface area (Å²) in [4.78, 5) is 77.2. The molecule has 0 radical (unpaired) electrons. The van der Waals surface area contributed by atoms with Gasteiger partial charge in [0, 0.05) is 77.4 Å². The maximum Gasteiger partial charge on any atom is 0.311 e. The van der Waals surface area contributed by atoms with E-state index in [0.717, 1.165) is 0 Å². The first kappa shape index (κ1) is 85.9. The number of ether oxygens (including phenoxy) is 5. The number of hydrogen-bond donors (Lipinski definition) is 12. The van der Waals surface area contributed by atoms with Crippen molar-refractivity contribution >= 4 is 35.3 Å². The predicted molar refractivity (Wildman–Crippen MR) is 346 cm³/mol. The summed E-state index contributed by atoms with van der Waals surface area (Å²) in [6.45, 7) is 38.2. The van der Waals surface area contributed by atoms with Gasteiger partial charge in [-0.2, -0.15) is 0 Å². The first-order valence-electron chi connectivity index (χ1n) is 34.4. The predicted octanol–water partition coefficient (Wildman–Crippen LogP) is 5.04. The van der Waals surface area contributed by atoms with Gasteiger partial charge in [0.25, 0.3) is 0 Å². The number of cyclic esters (lactones) is 3. The molecule has 23 heteroatoms. The van der Waals surface area contributed by atoms with Crippen LogP contribution in [0.5, 0.6) is 0 Å². The molecule has 4 saturated heterocycles. The molecule has 4 aliphatic heterocycles. The maximum absolute atomic E-state index is 13.4. The molecule has 0 spiro atoms. The summed E-state index contributed by atoms with van der Waals surface area (Å²) < 4.78 is 28.9. The molecule has 0 saturated carbocycles. The molecule has 0 bridgehead atoms. The Morgan fingerprint density at radius 2 is 0.677 bits per heavy atom. The Morgan fingerprint density at radius 1 is 0.376 bits per heavy atom. The van der Waals surface area contributed by atoms with Crippen molar-refractivity contribution < 1.29 is 114 Å². The van der Waals surface area contributed by atoms with E-state index in [-0.39, 0.29) is 48.4 Å². The van der Waals surface area contributed by atoms with Crippen molar-refractivity contribution in [1.29, 1.82) is 0 Å². The van der Waals surface area contributed by atoms with Gasteiger partial charge in [-0.3, -0.25) is 28.8 Å². The van der Waals surface area contributed by atoms with E-state index in [1.165, 1.54) is 27.7 Å². The Morgan fingerprint density at radius 3 is 1.02 bits per heavy atom. The van der Waals surface area contributed by atoms with Crippen molar-refractivity contribution in [2.45, 2.75) is 313 Å². The van der Waals surface area contributed by atoms with Crippen molar-refractivity contribution in [1.82, 2.24) is 0 Å². The number of carbonyl (C=O) groups excluding carboxylic acids is 6. The Hall–Kier alpha value is -3.14. The third-order valence-corrected chi connectivity index (χ3v) is 21.8. The molecule has 4 fully saturated rings. The highest BCUT2D eigenvalue weighted by molar-refractivity contribution is 5.84. The molecule has 4 aliphatic rings. The van der Waals surface area contributed by atoms with E-state index in [1.807, 2.05) is 34.6 Å². The Balaban J connectivity index is 0.000000485. The molecule has 0 aromatic rings. The van der Waals surface area contributed by atoms with Crippen LogP contribution in [0.25, 0.3) is 0 Å². The number of Topliss-reactive ketones (excluding diaryl/α,β-unsaturated/α-hetero) is 3. The molecule has 0 amide bonds. The lowest BCUT2D eigenvalue weighted by Gasteiger charge is -2.45. The zero-order valence-corrected chi connectivity index (χ0v) is 60.2. The molecule has 544 valence electrons. The lowest BCUT2D eigenvalue weighted by molar-refractivity contribution is -0.295. The number of carbonyl (C=O) groups is 6. The molecule has 4 rings (SSSR count). The standard InChI is InChI=1S/C28H50O10.C21H38O7.C21H38O6/c1-10-19-14(3)22(30)15(4)21(29)13(2)11-27(8,34)24(31)16(5)23(17(6)26(33)37-19)38-20-12-28(9,35)25(32)18(7)36-20;1-8-15-11(3)17(23)12(4)16(22)10(2)9-21(7,27)19(25)13(5)18(24)14(6)20(26)28-15;1-8-16-12(4)19(24)13(5)17(22)10(2)9-11(3)18(23)14(6)20(25)15(7)21(26)27-16/h13-20,22-25,30-32,34-35H,10-12H2,1-9H3;10-15,17-19,23-25,27H,8-9H2,1-7H3;10-16,18-20,23-25H,8-9H2,1-7H3. The van der Waals surface area contributed by atoms with E-state index in [1.54, 1.807) is 96.9 Å². The van der Waals surface area contributed by atoms with Crippen LogP contribution in [-0.2, 0) is 52.5 Å². The third-order valence-electron chi connectivity index (χ3n) is 21.8. The van der Waals surface area contributed by atoms with Gasteiger partial charge in [-0.1, -0.05) is 111 Å². The molecule has 0 aromatic heterocycles. The van der Waals surface area contributed by atoms with Gasteiger partial charge in [0.15, 0.2) is 6.29 Å². The van der Waals surface area contributed by atoms with E-state index in [0.29, 0.717) is 25.7 Å². The minimum atomic E-state index is -1.73. The van der Waals surface area contributed by atoms with Gasteiger partial charge in [0.2, 0.25) is 0 Å². The second kappa shape index (κ2) is 36.1. The van der Waals surface area contributed by atoms with Crippen LogP contribution in [0.15, 0.2) is 0 Å². The van der Waals surface area contributed by atoms with Crippen LogP contribution in [-0.4, -0.2) is 205 Å².